The van der Waals surface area contributed by atoms with E-state index in [-0.39, 0.29) is 23.7 Å². The van der Waals surface area contributed by atoms with Crippen LogP contribution >= 0.6 is 22.9 Å². The predicted molar refractivity (Wildman–Crippen MR) is 112 cm³/mol. The van der Waals surface area contributed by atoms with E-state index in [0.29, 0.717) is 5.03 Å². The van der Waals surface area contributed by atoms with Crippen LogP contribution in [0.1, 0.15) is 17.3 Å². The Morgan fingerprint density at radius 1 is 1.33 bits per heavy atom. The first-order valence-corrected chi connectivity index (χ1v) is 10.6. The molecule has 1 aromatic carbocycles. The average Bonchev–Trinajstić information content (AvgIpc) is 3.07. The molecule has 0 bridgehead atoms. The molecule has 0 spiro atoms. The number of hydrogen-bond donors (Lipinski definition) is 0. The molecule has 142 valence electrons. The number of aromatic nitrogens is 1. The topological polar surface area (TPSA) is 36.4 Å². The van der Waals surface area contributed by atoms with Crippen LogP contribution in [0.5, 0.6) is 0 Å². The fraction of sp³-hybridized carbons (Fsp3) is 0.429. The molecule has 0 radical (unpaired) electrons. The number of nitrogens with zero attached hydrogens (tertiary/aromatic N) is 3. The molecular weight excluding hydrogens is 378 g/mol. The number of carbonyl (C=O) groups is 1. The fourth-order valence-electron chi connectivity index (χ4n) is 3.98. The van der Waals surface area contributed by atoms with Crippen molar-refractivity contribution in [3.05, 3.63) is 52.5 Å². The number of Topliss-reactive ketones (excluding diaryl/α,β-unsaturated/α-hetero) is 1. The second kappa shape index (κ2) is 7.84. The van der Waals surface area contributed by atoms with Crippen molar-refractivity contribution in [3.8, 4) is 0 Å². The van der Waals surface area contributed by atoms with Crippen molar-refractivity contribution in [1.29, 1.82) is 0 Å². The van der Waals surface area contributed by atoms with Gasteiger partial charge in [0, 0.05) is 24.2 Å². The SMILES string of the molecule is CN(C)CCCN1CC(c2nc3ccccc3s2)C(=O)C2C=C(Cl)C=CC21. The number of para-hydroxylation sites is 1. The molecule has 1 fully saturated rings. The lowest BCUT2D eigenvalue weighted by atomic mass is 9.79. The third kappa shape index (κ3) is 3.87. The highest BCUT2D eigenvalue weighted by Crippen LogP contribution is 2.38. The molecule has 4 rings (SSSR count). The first-order valence-electron chi connectivity index (χ1n) is 9.36. The molecule has 3 unspecified atom stereocenters. The van der Waals surface area contributed by atoms with Crippen LogP contribution in [0.2, 0.25) is 0 Å². The van der Waals surface area contributed by atoms with Crippen LogP contribution in [0.25, 0.3) is 10.2 Å². The Morgan fingerprint density at radius 2 is 2.15 bits per heavy atom. The molecule has 4 nitrogen and oxygen atoms in total. The van der Waals surface area contributed by atoms with Crippen LogP contribution in [0.15, 0.2) is 47.5 Å². The van der Waals surface area contributed by atoms with Gasteiger partial charge in [0.1, 0.15) is 5.01 Å². The van der Waals surface area contributed by atoms with Crippen LogP contribution in [0.4, 0.5) is 0 Å². The highest BCUT2D eigenvalue weighted by atomic mass is 35.5. The number of rotatable bonds is 5. The number of hydrogen-bond acceptors (Lipinski definition) is 5. The maximum absolute atomic E-state index is 13.3. The molecular formula is C21H24ClN3OS. The highest BCUT2D eigenvalue weighted by molar-refractivity contribution is 7.18. The number of ketones is 1. The van der Waals surface area contributed by atoms with Crippen LogP contribution < -0.4 is 0 Å². The molecule has 2 aliphatic rings. The summed E-state index contributed by atoms with van der Waals surface area (Å²) in [7, 11) is 4.19. The monoisotopic (exact) mass is 401 g/mol. The van der Waals surface area contributed by atoms with Gasteiger partial charge >= 0.3 is 0 Å². The first kappa shape index (κ1) is 18.8. The molecule has 0 saturated carbocycles. The van der Waals surface area contributed by atoms with Crippen molar-refractivity contribution in [1.82, 2.24) is 14.8 Å². The Hall–Kier alpha value is -1.53. The maximum atomic E-state index is 13.3. The van der Waals surface area contributed by atoms with Crippen molar-refractivity contribution < 1.29 is 4.79 Å². The summed E-state index contributed by atoms with van der Waals surface area (Å²) in [6.45, 7) is 2.72. The number of allylic oxidation sites excluding steroid dienone is 2. The summed E-state index contributed by atoms with van der Waals surface area (Å²) >= 11 is 7.88. The average molecular weight is 402 g/mol. The molecule has 27 heavy (non-hydrogen) atoms. The summed E-state index contributed by atoms with van der Waals surface area (Å²) in [6, 6.07) is 8.20. The number of piperidine rings is 1. The Balaban J connectivity index is 1.63. The fourth-order valence-corrected chi connectivity index (χ4v) is 5.26. The van der Waals surface area contributed by atoms with E-state index in [9.17, 15) is 4.79 Å². The summed E-state index contributed by atoms with van der Waals surface area (Å²) in [5.41, 5.74) is 0.976. The third-order valence-corrected chi connectivity index (χ3v) is 6.73. The maximum Gasteiger partial charge on any atom is 0.152 e. The smallest absolute Gasteiger partial charge is 0.152 e. The Morgan fingerprint density at radius 3 is 2.93 bits per heavy atom. The van der Waals surface area contributed by atoms with Crippen LogP contribution in [-0.4, -0.2) is 60.3 Å². The number of likely N-dealkylation sites (tertiary alicyclic amines) is 1. The van der Waals surface area contributed by atoms with Crippen molar-refractivity contribution in [2.75, 3.05) is 33.7 Å². The van der Waals surface area contributed by atoms with E-state index in [1.807, 2.05) is 30.4 Å². The summed E-state index contributed by atoms with van der Waals surface area (Å²) in [6.07, 6.45) is 7.01. The van der Waals surface area contributed by atoms with Gasteiger partial charge in [0.2, 0.25) is 0 Å². The van der Waals surface area contributed by atoms with E-state index in [0.717, 1.165) is 41.3 Å². The Labute approximate surface area is 169 Å². The number of fused-ring (bicyclic) bond motifs is 2. The normalized spacial score (nSPS) is 25.9. The molecule has 0 N–H and O–H groups in total. The second-order valence-electron chi connectivity index (χ2n) is 7.55. The van der Waals surface area contributed by atoms with Crippen LogP contribution in [0, 0.1) is 5.92 Å². The zero-order valence-electron chi connectivity index (χ0n) is 15.6. The van der Waals surface area contributed by atoms with Gasteiger partial charge in [0.25, 0.3) is 0 Å². The molecule has 2 heterocycles. The van der Waals surface area contributed by atoms with E-state index in [1.165, 1.54) is 0 Å². The van der Waals surface area contributed by atoms with Gasteiger partial charge < -0.3 is 4.90 Å². The lowest BCUT2D eigenvalue weighted by molar-refractivity contribution is -0.128. The van der Waals surface area contributed by atoms with E-state index in [2.05, 4.69) is 36.0 Å². The van der Waals surface area contributed by atoms with Gasteiger partial charge in [-0.15, -0.1) is 11.3 Å². The van der Waals surface area contributed by atoms with Gasteiger partial charge in [-0.3, -0.25) is 9.69 Å². The largest absolute Gasteiger partial charge is 0.309 e. The Kier molecular flexibility index (Phi) is 5.46. The zero-order valence-corrected chi connectivity index (χ0v) is 17.2. The van der Waals surface area contributed by atoms with Crippen molar-refractivity contribution >= 4 is 38.9 Å². The van der Waals surface area contributed by atoms with Crippen LogP contribution in [0.3, 0.4) is 0 Å². The van der Waals surface area contributed by atoms with Gasteiger partial charge in [-0.1, -0.05) is 35.9 Å². The first-order chi connectivity index (χ1) is 13.0. The molecule has 1 aliphatic carbocycles. The van der Waals surface area contributed by atoms with Crippen molar-refractivity contribution in [3.63, 3.8) is 0 Å². The second-order valence-corrected chi connectivity index (χ2v) is 9.05. The Bertz CT molecular complexity index is 871. The summed E-state index contributed by atoms with van der Waals surface area (Å²) in [4.78, 5) is 22.7. The molecule has 2 aromatic rings. The minimum absolute atomic E-state index is 0.104. The van der Waals surface area contributed by atoms with E-state index in [1.54, 1.807) is 11.3 Å². The van der Waals surface area contributed by atoms with Gasteiger partial charge in [-0.2, -0.15) is 0 Å². The standard InChI is InChI=1S/C21H24ClN3OS/c1-24(2)10-5-11-25-13-16(20(26)15-12-14(22)8-9-18(15)25)21-23-17-6-3-4-7-19(17)27-21/h3-4,6-9,12,15-16,18H,5,10-11,13H2,1-2H3. The van der Waals surface area contributed by atoms with Crippen molar-refractivity contribution in [2.24, 2.45) is 5.92 Å². The summed E-state index contributed by atoms with van der Waals surface area (Å²) in [5, 5.41) is 1.58. The minimum atomic E-state index is -0.187. The summed E-state index contributed by atoms with van der Waals surface area (Å²) in [5.74, 6) is -0.131. The minimum Gasteiger partial charge on any atom is -0.309 e. The van der Waals surface area contributed by atoms with Gasteiger partial charge in [-0.25, -0.2) is 4.98 Å². The van der Waals surface area contributed by atoms with Crippen molar-refractivity contribution in [2.45, 2.75) is 18.4 Å². The molecule has 1 aliphatic heterocycles. The number of benzene rings is 1. The molecule has 3 atom stereocenters. The van der Waals surface area contributed by atoms with Gasteiger partial charge in [-0.05, 0) is 45.3 Å². The quantitative estimate of drug-likeness (QED) is 0.761. The van der Waals surface area contributed by atoms with Crippen LogP contribution in [-0.2, 0) is 4.79 Å². The number of halogens is 1. The van der Waals surface area contributed by atoms with E-state index >= 15 is 0 Å². The molecule has 0 amide bonds. The lowest BCUT2D eigenvalue weighted by Crippen LogP contribution is -2.52. The third-order valence-electron chi connectivity index (χ3n) is 5.33. The zero-order chi connectivity index (χ0) is 19.0. The predicted octanol–water partition coefficient (Wildman–Crippen LogP) is 3.89. The van der Waals surface area contributed by atoms with Gasteiger partial charge in [0.15, 0.2) is 5.78 Å². The van der Waals surface area contributed by atoms with E-state index < -0.39 is 0 Å². The lowest BCUT2D eigenvalue weighted by Gasteiger charge is -2.42. The number of thiazole rings is 1. The van der Waals surface area contributed by atoms with E-state index in [4.69, 9.17) is 16.6 Å². The highest BCUT2D eigenvalue weighted by Gasteiger charge is 2.43. The number of carbonyl (C=O) groups excluding carboxylic acids is 1. The van der Waals surface area contributed by atoms with Gasteiger partial charge in [0.05, 0.1) is 22.1 Å². The molecule has 6 heteroatoms. The molecule has 1 aromatic heterocycles. The summed E-state index contributed by atoms with van der Waals surface area (Å²) < 4.78 is 1.14. The molecule has 1 saturated heterocycles.